The second-order valence-electron chi connectivity index (χ2n) is 1.92. The standard InChI is InChI=1S/C4H8N2O5/c1-4(8,9)2-5-3(7)6(10)11/h2,8-11H,1H3. The number of nitrogens with zero attached hydrogens (tertiary/aromatic N) is 2. The van der Waals surface area contributed by atoms with Crippen molar-refractivity contribution in [1.82, 2.24) is 5.23 Å². The second kappa shape index (κ2) is 3.39. The smallest absolute Gasteiger partial charge is 0.361 e. The van der Waals surface area contributed by atoms with E-state index in [1.807, 2.05) is 0 Å². The van der Waals surface area contributed by atoms with Crippen molar-refractivity contribution in [1.29, 1.82) is 0 Å². The topological polar surface area (TPSA) is 114 Å². The van der Waals surface area contributed by atoms with Crippen LogP contribution < -0.4 is 0 Å². The van der Waals surface area contributed by atoms with E-state index in [4.69, 9.17) is 20.6 Å². The molecule has 2 amide bonds. The maximum Gasteiger partial charge on any atom is 0.392 e. The van der Waals surface area contributed by atoms with Crippen LogP contribution in [0, 0.1) is 0 Å². The van der Waals surface area contributed by atoms with Gasteiger partial charge in [-0.05, 0) is 6.92 Å². The van der Waals surface area contributed by atoms with Gasteiger partial charge in [-0.3, -0.25) is 10.4 Å². The molecule has 4 N–H and O–H groups in total. The van der Waals surface area contributed by atoms with Crippen molar-refractivity contribution in [2.75, 3.05) is 0 Å². The van der Waals surface area contributed by atoms with Gasteiger partial charge in [0.15, 0.2) is 5.79 Å². The lowest BCUT2D eigenvalue weighted by Gasteiger charge is -2.07. The molecule has 11 heavy (non-hydrogen) atoms. The number of hydrogen-bond acceptors (Lipinski definition) is 5. The molecule has 0 saturated carbocycles. The minimum Gasteiger partial charge on any atom is -0.361 e. The molecule has 7 nitrogen and oxygen atoms in total. The third kappa shape index (κ3) is 5.43. The zero-order valence-electron chi connectivity index (χ0n) is 5.67. The van der Waals surface area contributed by atoms with E-state index in [1.165, 1.54) is 0 Å². The summed E-state index contributed by atoms with van der Waals surface area (Å²) >= 11 is 0. The molecule has 0 atom stereocenters. The summed E-state index contributed by atoms with van der Waals surface area (Å²) in [6.45, 7) is 0.947. The van der Waals surface area contributed by atoms with Gasteiger partial charge in [0.25, 0.3) is 0 Å². The molecule has 0 aliphatic rings. The van der Waals surface area contributed by atoms with Crippen molar-refractivity contribution in [3.63, 3.8) is 0 Å². The first-order valence-electron chi connectivity index (χ1n) is 2.55. The average Bonchev–Trinajstić information content (AvgIpc) is 1.80. The molecule has 0 saturated heterocycles. The number of hydroxylamine groups is 2. The fourth-order valence-electron chi connectivity index (χ4n) is 0.229. The highest BCUT2D eigenvalue weighted by Crippen LogP contribution is 1.92. The summed E-state index contributed by atoms with van der Waals surface area (Å²) in [4.78, 5) is 13.0. The lowest BCUT2D eigenvalue weighted by molar-refractivity contribution is -0.256. The Morgan fingerprint density at radius 3 is 2.27 bits per heavy atom. The molecule has 0 radical (unpaired) electrons. The number of aliphatic hydroxyl groups is 2. The van der Waals surface area contributed by atoms with Crippen LogP contribution in [0.1, 0.15) is 6.92 Å². The summed E-state index contributed by atoms with van der Waals surface area (Å²) in [5.74, 6) is -2.24. The predicted molar refractivity (Wildman–Crippen MR) is 32.1 cm³/mol. The van der Waals surface area contributed by atoms with Crippen LogP contribution in [0.4, 0.5) is 4.79 Å². The molecular weight excluding hydrogens is 156 g/mol. The molecule has 7 heteroatoms. The fraction of sp³-hybridized carbons (Fsp3) is 0.500. The third-order valence-corrected chi connectivity index (χ3v) is 0.591. The van der Waals surface area contributed by atoms with E-state index < -0.39 is 17.0 Å². The second-order valence-corrected chi connectivity index (χ2v) is 1.92. The van der Waals surface area contributed by atoms with Crippen LogP contribution in [-0.4, -0.2) is 43.9 Å². The summed E-state index contributed by atoms with van der Waals surface area (Å²) < 4.78 is 0. The predicted octanol–water partition coefficient (Wildman–Crippen LogP) is -1.04. The number of amides is 2. The van der Waals surface area contributed by atoms with E-state index in [2.05, 4.69) is 4.99 Å². The van der Waals surface area contributed by atoms with E-state index in [1.54, 1.807) is 0 Å². The normalized spacial score (nSPS) is 12.1. The maximum atomic E-state index is 10.2. The van der Waals surface area contributed by atoms with Gasteiger partial charge >= 0.3 is 6.03 Å². The SMILES string of the molecule is CC(O)(O)C=NC(=O)N(O)O. The van der Waals surface area contributed by atoms with Gasteiger partial charge in [-0.25, -0.2) is 4.79 Å². The van der Waals surface area contributed by atoms with E-state index in [0.29, 0.717) is 6.21 Å². The van der Waals surface area contributed by atoms with Gasteiger partial charge in [0.1, 0.15) is 0 Å². The van der Waals surface area contributed by atoms with Crippen molar-refractivity contribution in [2.45, 2.75) is 12.7 Å². The van der Waals surface area contributed by atoms with Gasteiger partial charge in [0.05, 0.1) is 6.21 Å². The quantitative estimate of drug-likeness (QED) is 0.171. The molecular formula is C4H8N2O5. The Morgan fingerprint density at radius 1 is 1.55 bits per heavy atom. The van der Waals surface area contributed by atoms with Crippen LogP contribution in [0.15, 0.2) is 4.99 Å². The van der Waals surface area contributed by atoms with Gasteiger partial charge in [-0.15, -0.1) is 0 Å². The van der Waals surface area contributed by atoms with Gasteiger partial charge in [0, 0.05) is 0 Å². The number of hydrogen-bond donors (Lipinski definition) is 4. The summed E-state index contributed by atoms with van der Waals surface area (Å²) in [6, 6.07) is -1.42. The zero-order chi connectivity index (χ0) is 9.07. The highest BCUT2D eigenvalue weighted by molar-refractivity contribution is 5.84. The minimum absolute atomic E-state index is 0.453. The Hall–Kier alpha value is -1.02. The molecule has 0 rings (SSSR count). The number of urea groups is 1. The third-order valence-electron chi connectivity index (χ3n) is 0.591. The largest absolute Gasteiger partial charge is 0.392 e. The van der Waals surface area contributed by atoms with Gasteiger partial charge < -0.3 is 10.2 Å². The summed E-state index contributed by atoms with van der Waals surface area (Å²) in [7, 11) is 0. The first-order chi connectivity index (χ1) is 4.83. The summed E-state index contributed by atoms with van der Waals surface area (Å²) in [5.41, 5.74) is 0. The molecule has 0 heterocycles. The number of carbonyl (C=O) groups excluding carboxylic acids is 1. The van der Waals surface area contributed by atoms with Crippen LogP contribution in [0.3, 0.4) is 0 Å². The zero-order valence-corrected chi connectivity index (χ0v) is 5.67. The molecule has 0 unspecified atom stereocenters. The van der Waals surface area contributed by atoms with E-state index in [0.717, 1.165) is 6.92 Å². The molecule has 0 aliphatic carbocycles. The summed E-state index contributed by atoms with van der Waals surface area (Å²) in [5, 5.41) is 32.2. The molecule has 0 spiro atoms. The lowest BCUT2D eigenvalue weighted by atomic mass is 10.4. The van der Waals surface area contributed by atoms with Crippen LogP contribution >= 0.6 is 0 Å². The highest BCUT2D eigenvalue weighted by atomic mass is 16.8. The molecule has 0 aromatic carbocycles. The van der Waals surface area contributed by atoms with E-state index in [-0.39, 0.29) is 0 Å². The van der Waals surface area contributed by atoms with Gasteiger partial charge in [-0.2, -0.15) is 4.99 Å². The Kier molecular flexibility index (Phi) is 3.08. The monoisotopic (exact) mass is 164 g/mol. The molecule has 0 aliphatic heterocycles. The van der Waals surface area contributed by atoms with E-state index >= 15 is 0 Å². The first kappa shape index (κ1) is 9.98. The lowest BCUT2D eigenvalue weighted by Crippen LogP contribution is -2.27. The Labute approximate surface area is 61.7 Å². The maximum absolute atomic E-state index is 10.2. The Morgan fingerprint density at radius 2 is 2.00 bits per heavy atom. The van der Waals surface area contributed by atoms with Crippen LogP contribution in [0.25, 0.3) is 0 Å². The van der Waals surface area contributed by atoms with Crippen molar-refractivity contribution in [3.05, 3.63) is 0 Å². The van der Waals surface area contributed by atoms with Crippen LogP contribution in [-0.2, 0) is 0 Å². The summed E-state index contributed by atoms with van der Waals surface area (Å²) in [6.07, 6.45) is 0.453. The van der Waals surface area contributed by atoms with Crippen LogP contribution in [0.2, 0.25) is 0 Å². The average molecular weight is 164 g/mol. The van der Waals surface area contributed by atoms with Crippen LogP contribution in [0.5, 0.6) is 0 Å². The van der Waals surface area contributed by atoms with Gasteiger partial charge in [-0.1, -0.05) is 5.23 Å². The fourth-order valence-corrected chi connectivity index (χ4v) is 0.229. The Balaban J connectivity index is 4.05. The number of carbonyl (C=O) groups is 1. The molecule has 0 aromatic rings. The first-order valence-corrected chi connectivity index (χ1v) is 2.55. The molecule has 64 valence electrons. The highest BCUT2D eigenvalue weighted by Gasteiger charge is 2.12. The van der Waals surface area contributed by atoms with Crippen molar-refractivity contribution in [3.8, 4) is 0 Å². The molecule has 0 aromatic heterocycles. The van der Waals surface area contributed by atoms with E-state index in [9.17, 15) is 4.79 Å². The Bertz CT molecular complexity index is 170. The van der Waals surface area contributed by atoms with Crippen molar-refractivity contribution in [2.24, 2.45) is 4.99 Å². The number of rotatable bonds is 1. The molecule has 0 fully saturated rings. The van der Waals surface area contributed by atoms with Crippen molar-refractivity contribution < 1.29 is 25.4 Å². The molecule has 0 bridgehead atoms. The van der Waals surface area contributed by atoms with Crippen molar-refractivity contribution >= 4 is 12.2 Å². The minimum atomic E-state index is -2.24. The number of aliphatic imine (C=N–C) groups is 1. The van der Waals surface area contributed by atoms with Gasteiger partial charge in [0.2, 0.25) is 0 Å².